The molecule has 128 valence electrons. The number of benzene rings is 2. The lowest BCUT2D eigenvalue weighted by Crippen LogP contribution is -2.11. The van der Waals surface area contributed by atoms with Crippen LogP contribution in [0.2, 0.25) is 0 Å². The highest BCUT2D eigenvalue weighted by Crippen LogP contribution is 2.22. The molecule has 2 aromatic rings. The van der Waals surface area contributed by atoms with E-state index in [9.17, 15) is 4.79 Å². The molecular weight excluding hydrogens is 300 g/mol. The van der Waals surface area contributed by atoms with Gasteiger partial charge in [-0.15, -0.1) is 0 Å². The van der Waals surface area contributed by atoms with Crippen LogP contribution in [0.3, 0.4) is 0 Å². The third-order valence-electron chi connectivity index (χ3n) is 4.40. The number of methoxy groups -OCH3 is 1. The molecule has 2 rings (SSSR count). The molecule has 0 saturated heterocycles. The van der Waals surface area contributed by atoms with Crippen LogP contribution < -0.4 is 4.74 Å². The molecule has 0 aliphatic carbocycles. The van der Waals surface area contributed by atoms with Gasteiger partial charge in [0.05, 0.1) is 13.5 Å². The normalized spacial score (nSPS) is 13.2. The lowest BCUT2D eigenvalue weighted by Gasteiger charge is -2.14. The second-order valence-corrected chi connectivity index (χ2v) is 6.13. The molecule has 0 heterocycles. The predicted octanol–water partition coefficient (Wildman–Crippen LogP) is 5.06. The maximum atomic E-state index is 12.1. The number of ether oxygens (including phenoxy) is 2. The number of carbonyl (C=O) groups is 1. The molecule has 0 spiro atoms. The maximum absolute atomic E-state index is 12.1. The molecule has 0 fully saturated rings. The van der Waals surface area contributed by atoms with Gasteiger partial charge in [0.25, 0.3) is 0 Å². The molecule has 0 saturated carbocycles. The third kappa shape index (κ3) is 4.85. The first kappa shape index (κ1) is 18.1. The minimum Gasteiger partial charge on any atom is -0.497 e. The molecule has 0 radical (unpaired) electrons. The van der Waals surface area contributed by atoms with Crippen molar-refractivity contribution in [2.24, 2.45) is 0 Å². The Kier molecular flexibility index (Phi) is 6.42. The van der Waals surface area contributed by atoms with E-state index in [1.54, 1.807) is 7.11 Å². The number of carbonyl (C=O) groups excluding carboxylic acids is 1. The summed E-state index contributed by atoms with van der Waals surface area (Å²) in [5.74, 6) is 1.12. The van der Waals surface area contributed by atoms with Crippen LogP contribution in [-0.2, 0) is 16.0 Å². The molecule has 2 aromatic carbocycles. The summed E-state index contributed by atoms with van der Waals surface area (Å²) in [6.45, 7) is 6.27. The number of esters is 1. The van der Waals surface area contributed by atoms with Crippen molar-refractivity contribution in [3.05, 3.63) is 65.2 Å². The van der Waals surface area contributed by atoms with E-state index in [-0.39, 0.29) is 12.1 Å². The number of hydrogen-bond donors (Lipinski definition) is 0. The first-order valence-corrected chi connectivity index (χ1v) is 8.45. The average molecular weight is 326 g/mol. The van der Waals surface area contributed by atoms with Gasteiger partial charge >= 0.3 is 5.97 Å². The molecule has 3 heteroatoms. The van der Waals surface area contributed by atoms with Gasteiger partial charge in [0.1, 0.15) is 11.9 Å². The van der Waals surface area contributed by atoms with Gasteiger partial charge in [-0.1, -0.05) is 50.2 Å². The standard InChI is InChI=1S/C21H26O3/c1-5-15(2)18-8-6-17(7-9-18)14-21(22)24-16(3)19-10-12-20(23-4)13-11-19/h6-13,15-16H,5,14H2,1-4H3. The highest BCUT2D eigenvalue weighted by molar-refractivity contribution is 5.72. The van der Waals surface area contributed by atoms with Gasteiger partial charge in [-0.25, -0.2) is 0 Å². The summed E-state index contributed by atoms with van der Waals surface area (Å²) in [4.78, 5) is 12.1. The summed E-state index contributed by atoms with van der Waals surface area (Å²) in [5, 5.41) is 0. The van der Waals surface area contributed by atoms with Crippen molar-refractivity contribution < 1.29 is 14.3 Å². The Morgan fingerprint density at radius 3 is 2.08 bits per heavy atom. The average Bonchev–Trinajstić information content (AvgIpc) is 2.61. The molecule has 2 unspecified atom stereocenters. The Morgan fingerprint density at radius 2 is 1.54 bits per heavy atom. The molecule has 0 amide bonds. The molecule has 0 aromatic heterocycles. The predicted molar refractivity (Wildman–Crippen MR) is 96.4 cm³/mol. The molecule has 0 bridgehead atoms. The lowest BCUT2D eigenvalue weighted by atomic mass is 9.97. The van der Waals surface area contributed by atoms with Crippen LogP contribution >= 0.6 is 0 Å². The van der Waals surface area contributed by atoms with Crippen molar-refractivity contribution in [3.63, 3.8) is 0 Å². The first-order valence-electron chi connectivity index (χ1n) is 8.45. The Labute approximate surface area is 144 Å². The number of rotatable bonds is 7. The van der Waals surface area contributed by atoms with Crippen LogP contribution in [0.5, 0.6) is 5.75 Å². The van der Waals surface area contributed by atoms with E-state index in [1.165, 1.54) is 5.56 Å². The summed E-state index contributed by atoms with van der Waals surface area (Å²) in [6.07, 6.45) is 1.13. The van der Waals surface area contributed by atoms with Crippen molar-refractivity contribution in [1.29, 1.82) is 0 Å². The largest absolute Gasteiger partial charge is 0.497 e. The second kappa shape index (κ2) is 8.53. The SMILES string of the molecule is CCC(C)c1ccc(CC(=O)OC(C)c2ccc(OC)cc2)cc1. The molecular formula is C21H26O3. The zero-order chi connectivity index (χ0) is 17.5. The van der Waals surface area contributed by atoms with Crippen LogP contribution in [-0.4, -0.2) is 13.1 Å². The van der Waals surface area contributed by atoms with E-state index in [2.05, 4.69) is 26.0 Å². The Morgan fingerprint density at radius 1 is 0.958 bits per heavy atom. The lowest BCUT2D eigenvalue weighted by molar-refractivity contribution is -0.147. The van der Waals surface area contributed by atoms with Crippen LogP contribution in [0.1, 0.15) is 55.9 Å². The molecule has 0 aliphatic rings. The van der Waals surface area contributed by atoms with Gasteiger partial charge in [-0.2, -0.15) is 0 Å². The Bertz CT molecular complexity index is 644. The Hall–Kier alpha value is -2.29. The van der Waals surface area contributed by atoms with E-state index in [0.29, 0.717) is 12.3 Å². The fourth-order valence-corrected chi connectivity index (χ4v) is 2.55. The summed E-state index contributed by atoms with van der Waals surface area (Å²) >= 11 is 0. The van der Waals surface area contributed by atoms with Crippen LogP contribution in [0.25, 0.3) is 0 Å². The summed E-state index contributed by atoms with van der Waals surface area (Å²) in [5.41, 5.74) is 3.24. The smallest absolute Gasteiger partial charge is 0.310 e. The zero-order valence-corrected chi connectivity index (χ0v) is 14.9. The third-order valence-corrected chi connectivity index (χ3v) is 4.40. The highest BCUT2D eigenvalue weighted by Gasteiger charge is 2.13. The minimum atomic E-state index is -0.275. The molecule has 24 heavy (non-hydrogen) atoms. The number of hydrogen-bond acceptors (Lipinski definition) is 3. The van der Waals surface area contributed by atoms with Crippen molar-refractivity contribution in [3.8, 4) is 5.75 Å². The van der Waals surface area contributed by atoms with Crippen LogP contribution in [0, 0.1) is 0 Å². The summed E-state index contributed by atoms with van der Waals surface area (Å²) < 4.78 is 10.7. The van der Waals surface area contributed by atoms with E-state index >= 15 is 0 Å². The second-order valence-electron chi connectivity index (χ2n) is 6.13. The maximum Gasteiger partial charge on any atom is 0.310 e. The van der Waals surface area contributed by atoms with E-state index in [0.717, 1.165) is 23.3 Å². The topological polar surface area (TPSA) is 35.5 Å². The fraction of sp³-hybridized carbons (Fsp3) is 0.381. The quantitative estimate of drug-likeness (QED) is 0.667. The van der Waals surface area contributed by atoms with Crippen LogP contribution in [0.4, 0.5) is 0 Å². The fourth-order valence-electron chi connectivity index (χ4n) is 2.55. The summed E-state index contributed by atoms with van der Waals surface area (Å²) in [7, 11) is 1.63. The highest BCUT2D eigenvalue weighted by atomic mass is 16.5. The van der Waals surface area contributed by atoms with Crippen molar-refractivity contribution in [2.75, 3.05) is 7.11 Å². The van der Waals surface area contributed by atoms with Gasteiger partial charge < -0.3 is 9.47 Å². The molecule has 0 N–H and O–H groups in total. The van der Waals surface area contributed by atoms with E-state index in [1.807, 2.05) is 43.3 Å². The van der Waals surface area contributed by atoms with E-state index < -0.39 is 0 Å². The molecule has 0 aliphatic heterocycles. The van der Waals surface area contributed by atoms with E-state index in [4.69, 9.17) is 9.47 Å². The van der Waals surface area contributed by atoms with Crippen molar-refractivity contribution in [2.45, 2.75) is 45.6 Å². The van der Waals surface area contributed by atoms with Crippen molar-refractivity contribution >= 4 is 5.97 Å². The molecule has 2 atom stereocenters. The summed E-state index contributed by atoms with van der Waals surface area (Å²) in [6, 6.07) is 15.8. The van der Waals surface area contributed by atoms with Crippen LogP contribution in [0.15, 0.2) is 48.5 Å². The molecule has 3 nitrogen and oxygen atoms in total. The van der Waals surface area contributed by atoms with Crippen molar-refractivity contribution in [1.82, 2.24) is 0 Å². The van der Waals surface area contributed by atoms with Gasteiger partial charge in [-0.05, 0) is 48.1 Å². The monoisotopic (exact) mass is 326 g/mol. The van der Waals surface area contributed by atoms with Gasteiger partial charge in [0.2, 0.25) is 0 Å². The van der Waals surface area contributed by atoms with Gasteiger partial charge in [-0.3, -0.25) is 4.79 Å². The zero-order valence-electron chi connectivity index (χ0n) is 14.9. The first-order chi connectivity index (χ1) is 11.5. The van der Waals surface area contributed by atoms with Gasteiger partial charge in [0.15, 0.2) is 0 Å². The minimum absolute atomic E-state index is 0.213. The van der Waals surface area contributed by atoms with Gasteiger partial charge in [0, 0.05) is 0 Å². The Balaban J connectivity index is 1.92.